The van der Waals surface area contributed by atoms with Gasteiger partial charge in [0.25, 0.3) is 0 Å². The molecule has 1 fully saturated rings. The third-order valence-corrected chi connectivity index (χ3v) is 7.15. The van der Waals surface area contributed by atoms with Gasteiger partial charge in [-0.25, -0.2) is 0 Å². The average Bonchev–Trinajstić information content (AvgIpc) is 3.20. The molecule has 4 heteroatoms. The number of fused-ring (bicyclic) bond motifs is 1. The highest BCUT2D eigenvalue weighted by Crippen LogP contribution is 2.34. The minimum atomic E-state index is -0.418. The van der Waals surface area contributed by atoms with E-state index in [2.05, 4.69) is 76.7 Å². The number of hydrogen-bond donors (Lipinski definition) is 1. The number of hydrogen-bond acceptors (Lipinski definition) is 4. The van der Waals surface area contributed by atoms with E-state index in [-0.39, 0.29) is 6.04 Å². The van der Waals surface area contributed by atoms with Crippen molar-refractivity contribution in [3.8, 4) is 0 Å². The molecule has 0 spiro atoms. The van der Waals surface area contributed by atoms with Crippen LogP contribution in [0.4, 0.5) is 0 Å². The summed E-state index contributed by atoms with van der Waals surface area (Å²) in [7, 11) is 0. The van der Waals surface area contributed by atoms with E-state index >= 15 is 0 Å². The maximum atomic E-state index is 11.4. The van der Waals surface area contributed by atoms with Gasteiger partial charge in [0.1, 0.15) is 0 Å². The molecule has 0 radical (unpaired) electrons. The molecule has 2 unspecified atom stereocenters. The van der Waals surface area contributed by atoms with Crippen LogP contribution < -0.4 is 0 Å². The lowest BCUT2D eigenvalue weighted by molar-refractivity contribution is 0.0120. The smallest absolute Gasteiger partial charge is 0.0959 e. The van der Waals surface area contributed by atoms with E-state index in [4.69, 9.17) is 0 Å². The summed E-state index contributed by atoms with van der Waals surface area (Å²) >= 11 is 1.75. The van der Waals surface area contributed by atoms with Crippen molar-refractivity contribution < 1.29 is 5.11 Å². The molecular weight excluding hydrogens is 376 g/mol. The maximum absolute atomic E-state index is 11.4. The van der Waals surface area contributed by atoms with Crippen molar-refractivity contribution in [1.82, 2.24) is 9.80 Å². The predicted molar refractivity (Wildman–Crippen MR) is 123 cm³/mol. The van der Waals surface area contributed by atoms with Gasteiger partial charge in [-0.3, -0.25) is 9.80 Å². The standard InChI is InChI=1S/C25H32N2OS/c1-2-3-12-23(25(28)22-19-29-24-13-8-7-11-21(22)24)27-16-14-26(15-17-27)18-20-9-5-4-6-10-20/h4-11,13,19,23,25,28H,2-3,12,14-18H2,1H3. The number of unbranched alkanes of at least 4 members (excludes halogenated alkanes) is 1. The van der Waals surface area contributed by atoms with E-state index in [9.17, 15) is 5.11 Å². The van der Waals surface area contributed by atoms with Crippen LogP contribution in [0.1, 0.15) is 43.4 Å². The number of nitrogens with zero attached hydrogens (tertiary/aromatic N) is 2. The van der Waals surface area contributed by atoms with Crippen LogP contribution in [0.2, 0.25) is 0 Å². The molecule has 0 aliphatic carbocycles. The molecule has 2 aromatic carbocycles. The summed E-state index contributed by atoms with van der Waals surface area (Å²) in [6, 6.07) is 19.4. The Morgan fingerprint density at radius 2 is 1.69 bits per heavy atom. The molecule has 1 N–H and O–H groups in total. The van der Waals surface area contributed by atoms with Crippen molar-refractivity contribution in [1.29, 1.82) is 0 Å². The fourth-order valence-electron chi connectivity index (χ4n) is 4.48. The molecule has 154 valence electrons. The summed E-state index contributed by atoms with van der Waals surface area (Å²) in [5.74, 6) is 0. The Morgan fingerprint density at radius 3 is 2.45 bits per heavy atom. The van der Waals surface area contributed by atoms with Gasteiger partial charge in [0, 0.05) is 49.0 Å². The Hall–Kier alpha value is -1.72. The van der Waals surface area contributed by atoms with Crippen molar-refractivity contribution >= 4 is 21.4 Å². The van der Waals surface area contributed by atoms with Crippen molar-refractivity contribution in [2.45, 2.75) is 44.9 Å². The minimum Gasteiger partial charge on any atom is -0.387 e. The molecule has 0 amide bonds. The summed E-state index contributed by atoms with van der Waals surface area (Å²) in [6.45, 7) is 7.44. The second-order valence-electron chi connectivity index (χ2n) is 8.14. The minimum absolute atomic E-state index is 0.201. The van der Waals surface area contributed by atoms with E-state index in [0.29, 0.717) is 0 Å². The van der Waals surface area contributed by atoms with Gasteiger partial charge < -0.3 is 5.11 Å². The van der Waals surface area contributed by atoms with Gasteiger partial charge in [-0.2, -0.15) is 0 Å². The molecule has 0 saturated carbocycles. The van der Waals surface area contributed by atoms with Crippen molar-refractivity contribution in [3.05, 3.63) is 71.1 Å². The van der Waals surface area contributed by atoms with Crippen molar-refractivity contribution in [3.63, 3.8) is 0 Å². The van der Waals surface area contributed by atoms with Crippen LogP contribution in [0.25, 0.3) is 10.1 Å². The van der Waals surface area contributed by atoms with Crippen LogP contribution in [-0.2, 0) is 6.54 Å². The number of aliphatic hydroxyl groups is 1. The second kappa shape index (κ2) is 9.86. The van der Waals surface area contributed by atoms with Gasteiger partial charge in [-0.15, -0.1) is 11.3 Å². The second-order valence-corrected chi connectivity index (χ2v) is 9.05. The first-order valence-electron chi connectivity index (χ1n) is 10.9. The van der Waals surface area contributed by atoms with E-state index in [1.165, 1.54) is 22.1 Å². The summed E-state index contributed by atoms with van der Waals surface area (Å²) in [5, 5.41) is 14.8. The fourth-order valence-corrected chi connectivity index (χ4v) is 5.47. The van der Waals surface area contributed by atoms with Crippen LogP contribution in [-0.4, -0.2) is 47.1 Å². The average molecular weight is 409 g/mol. The molecule has 29 heavy (non-hydrogen) atoms. The van der Waals surface area contributed by atoms with Crippen molar-refractivity contribution in [2.24, 2.45) is 0 Å². The predicted octanol–water partition coefficient (Wildman–Crippen LogP) is 5.31. The van der Waals surface area contributed by atoms with Gasteiger partial charge in [0.15, 0.2) is 0 Å². The van der Waals surface area contributed by atoms with Gasteiger partial charge in [0.05, 0.1) is 6.10 Å². The quantitative estimate of drug-likeness (QED) is 0.547. The number of aliphatic hydroxyl groups excluding tert-OH is 1. The molecular formula is C25H32N2OS. The Balaban J connectivity index is 1.44. The molecule has 3 nitrogen and oxygen atoms in total. The highest BCUT2D eigenvalue weighted by atomic mass is 32.1. The molecule has 1 saturated heterocycles. The molecule has 2 heterocycles. The van der Waals surface area contributed by atoms with Crippen molar-refractivity contribution in [2.75, 3.05) is 26.2 Å². The lowest BCUT2D eigenvalue weighted by Gasteiger charge is -2.41. The third-order valence-electron chi connectivity index (χ3n) is 6.17. The van der Waals surface area contributed by atoms with E-state index in [1.807, 2.05) is 0 Å². The number of benzene rings is 2. The molecule has 1 aliphatic rings. The first-order valence-corrected chi connectivity index (χ1v) is 11.8. The monoisotopic (exact) mass is 408 g/mol. The van der Waals surface area contributed by atoms with Crippen LogP contribution in [0.5, 0.6) is 0 Å². The summed E-state index contributed by atoms with van der Waals surface area (Å²) in [4.78, 5) is 5.07. The highest BCUT2D eigenvalue weighted by molar-refractivity contribution is 7.17. The zero-order chi connectivity index (χ0) is 20.1. The first kappa shape index (κ1) is 20.5. The normalized spacial score (nSPS) is 18.1. The van der Waals surface area contributed by atoms with Crippen LogP contribution in [0.3, 0.4) is 0 Å². The molecule has 4 rings (SSSR count). The third kappa shape index (κ3) is 4.89. The first-order chi connectivity index (χ1) is 14.3. The van der Waals surface area contributed by atoms with E-state index < -0.39 is 6.10 Å². The largest absolute Gasteiger partial charge is 0.387 e. The maximum Gasteiger partial charge on any atom is 0.0959 e. The zero-order valence-electron chi connectivity index (χ0n) is 17.3. The van der Waals surface area contributed by atoms with Gasteiger partial charge in [-0.1, -0.05) is 68.3 Å². The number of rotatable bonds is 8. The molecule has 0 bridgehead atoms. The fraction of sp³-hybridized carbons (Fsp3) is 0.440. The molecule has 3 aromatic rings. The zero-order valence-corrected chi connectivity index (χ0v) is 18.2. The highest BCUT2D eigenvalue weighted by Gasteiger charge is 2.30. The van der Waals surface area contributed by atoms with E-state index in [1.54, 1.807) is 11.3 Å². The van der Waals surface area contributed by atoms with E-state index in [0.717, 1.165) is 51.1 Å². The Labute approximate surface area is 178 Å². The summed E-state index contributed by atoms with van der Waals surface area (Å²) in [6.07, 6.45) is 2.97. The Bertz CT molecular complexity index is 886. The molecule has 2 atom stereocenters. The van der Waals surface area contributed by atoms with Crippen LogP contribution in [0, 0.1) is 0 Å². The lowest BCUT2D eigenvalue weighted by Crippen LogP contribution is -2.51. The summed E-state index contributed by atoms with van der Waals surface area (Å²) in [5.41, 5.74) is 2.49. The summed E-state index contributed by atoms with van der Waals surface area (Å²) < 4.78 is 1.27. The number of thiophene rings is 1. The van der Waals surface area contributed by atoms with Gasteiger partial charge in [0.2, 0.25) is 0 Å². The Morgan fingerprint density at radius 1 is 0.966 bits per heavy atom. The number of piperazine rings is 1. The topological polar surface area (TPSA) is 26.7 Å². The van der Waals surface area contributed by atoms with Crippen LogP contribution >= 0.6 is 11.3 Å². The Kier molecular flexibility index (Phi) is 6.98. The van der Waals surface area contributed by atoms with Gasteiger partial charge >= 0.3 is 0 Å². The SMILES string of the molecule is CCCCC(C(O)c1csc2ccccc12)N1CCN(Cc2ccccc2)CC1. The van der Waals surface area contributed by atoms with Crippen LogP contribution in [0.15, 0.2) is 60.0 Å². The molecule has 1 aromatic heterocycles. The molecule has 1 aliphatic heterocycles. The lowest BCUT2D eigenvalue weighted by atomic mass is 9.95. The van der Waals surface area contributed by atoms with Gasteiger partial charge in [-0.05, 0) is 28.8 Å².